The first-order chi connectivity index (χ1) is 11.8. The van der Waals surface area contributed by atoms with Crippen LogP contribution in [-0.2, 0) is 18.0 Å². The van der Waals surface area contributed by atoms with E-state index in [1.54, 1.807) is 6.20 Å². The maximum absolute atomic E-state index is 5.23. The van der Waals surface area contributed by atoms with Gasteiger partial charge in [0.05, 0.1) is 17.1 Å². The van der Waals surface area contributed by atoms with Gasteiger partial charge in [0.1, 0.15) is 13.2 Å². The number of hydrogen-bond acceptors (Lipinski definition) is 6. The first-order valence-electron chi connectivity index (χ1n) is 7.29. The monoisotopic (exact) mass is 384 g/mol. The van der Waals surface area contributed by atoms with Crippen molar-refractivity contribution >= 4 is 21.6 Å². The van der Waals surface area contributed by atoms with Gasteiger partial charge in [0.15, 0.2) is 11.6 Å². The molecule has 0 saturated heterocycles. The molecule has 7 nitrogen and oxygen atoms in total. The Kier molecular flexibility index (Phi) is 3.93. The Balaban J connectivity index is 1.96. The lowest BCUT2D eigenvalue weighted by Gasteiger charge is -2.13. The lowest BCUT2D eigenvalue weighted by molar-refractivity contribution is 0.117. The minimum Gasteiger partial charge on any atom is -0.296 e. The third kappa shape index (κ3) is 2.54. The molecule has 0 atom stereocenters. The van der Waals surface area contributed by atoms with Crippen molar-refractivity contribution < 1.29 is 4.84 Å². The molecule has 4 rings (SSSR count). The fourth-order valence-electron chi connectivity index (χ4n) is 2.75. The summed E-state index contributed by atoms with van der Waals surface area (Å²) in [6.45, 7) is 0.567. The van der Waals surface area contributed by atoms with Crippen molar-refractivity contribution in [3.05, 3.63) is 70.0 Å². The van der Waals surface area contributed by atoms with Gasteiger partial charge in [-0.2, -0.15) is 0 Å². The van der Waals surface area contributed by atoms with Crippen molar-refractivity contribution in [3.8, 4) is 5.69 Å². The molecule has 0 radical (unpaired) electrons. The summed E-state index contributed by atoms with van der Waals surface area (Å²) in [5.74, 6) is 6.59. The number of benzene rings is 1. The molecule has 2 aromatic heterocycles. The van der Waals surface area contributed by atoms with E-state index in [0.717, 1.165) is 33.0 Å². The first-order valence-corrected chi connectivity index (χ1v) is 8.08. The van der Waals surface area contributed by atoms with Gasteiger partial charge in [-0.05, 0) is 30.3 Å². The predicted molar refractivity (Wildman–Crippen MR) is 91.6 cm³/mol. The second-order valence-corrected chi connectivity index (χ2v) is 6.14. The summed E-state index contributed by atoms with van der Waals surface area (Å²) in [5, 5.41) is 8.38. The normalized spacial score (nSPS) is 13.0. The highest BCUT2D eigenvalue weighted by Gasteiger charge is 2.23. The van der Waals surface area contributed by atoms with E-state index in [9.17, 15) is 0 Å². The maximum Gasteiger partial charge on any atom is 0.165 e. The molecule has 0 amide bonds. The molecule has 1 aliphatic heterocycles. The summed E-state index contributed by atoms with van der Waals surface area (Å²) in [4.78, 5) is 13.9. The quantitative estimate of drug-likeness (QED) is 0.698. The molecular formula is C16H13BrN6O. The third-order valence-electron chi connectivity index (χ3n) is 3.75. The lowest BCUT2D eigenvalue weighted by Crippen LogP contribution is -2.12. The Bertz CT molecular complexity index is 922. The fourth-order valence-corrected chi connectivity index (χ4v) is 3.11. The van der Waals surface area contributed by atoms with E-state index < -0.39 is 0 Å². The van der Waals surface area contributed by atoms with Crippen LogP contribution in [-0.4, -0.2) is 25.5 Å². The van der Waals surface area contributed by atoms with Gasteiger partial charge >= 0.3 is 0 Å². The number of aromatic nitrogens is 4. The molecule has 1 aromatic carbocycles. The fraction of sp³-hybridized carbons (Fsp3) is 0.125. The standard InChI is InChI=1S/C16H13BrN6O/c17-10-4-5-13-11(7-10)16(12-3-1-2-6-19-12)20-8-14-21-22-15(9-24-18)23(13)14/h1-7H,8-9,18H2. The van der Waals surface area contributed by atoms with E-state index in [1.165, 1.54) is 0 Å². The maximum atomic E-state index is 5.23. The molecule has 24 heavy (non-hydrogen) atoms. The Morgan fingerprint density at radius 1 is 1.21 bits per heavy atom. The zero-order valence-corrected chi connectivity index (χ0v) is 14.1. The van der Waals surface area contributed by atoms with Crippen molar-refractivity contribution in [2.24, 2.45) is 10.9 Å². The molecule has 8 heteroatoms. The van der Waals surface area contributed by atoms with E-state index >= 15 is 0 Å². The average molecular weight is 385 g/mol. The predicted octanol–water partition coefficient (Wildman–Crippen LogP) is 2.17. The smallest absolute Gasteiger partial charge is 0.165 e. The van der Waals surface area contributed by atoms with Gasteiger partial charge in [-0.3, -0.25) is 19.4 Å². The average Bonchev–Trinajstić information content (AvgIpc) is 2.92. The van der Waals surface area contributed by atoms with E-state index in [-0.39, 0.29) is 6.61 Å². The lowest BCUT2D eigenvalue weighted by atomic mass is 10.0. The molecular weight excluding hydrogens is 372 g/mol. The molecule has 0 saturated carbocycles. The van der Waals surface area contributed by atoms with Crippen molar-refractivity contribution in [2.45, 2.75) is 13.2 Å². The van der Waals surface area contributed by atoms with Crippen LogP contribution in [0.1, 0.15) is 22.9 Å². The van der Waals surface area contributed by atoms with Crippen LogP contribution in [0.2, 0.25) is 0 Å². The summed E-state index contributed by atoms with van der Waals surface area (Å²) >= 11 is 3.54. The van der Waals surface area contributed by atoms with Crippen molar-refractivity contribution in [1.82, 2.24) is 19.7 Å². The SMILES string of the molecule is NOCc1nnc2n1-c1ccc(Br)cc1C(c1ccccn1)=NC2. The number of halogens is 1. The molecule has 3 aromatic rings. The van der Waals surface area contributed by atoms with Crippen LogP contribution in [0, 0.1) is 0 Å². The first kappa shape index (κ1) is 15.1. The Morgan fingerprint density at radius 3 is 2.92 bits per heavy atom. The molecule has 0 unspecified atom stereocenters. The van der Waals surface area contributed by atoms with Gasteiger partial charge in [-0.1, -0.05) is 22.0 Å². The Morgan fingerprint density at radius 2 is 2.12 bits per heavy atom. The summed E-state index contributed by atoms with van der Waals surface area (Å²) in [5.41, 5.74) is 3.50. The number of nitrogens with zero attached hydrogens (tertiary/aromatic N) is 5. The summed E-state index contributed by atoms with van der Waals surface area (Å²) in [6.07, 6.45) is 1.76. The highest BCUT2D eigenvalue weighted by molar-refractivity contribution is 9.10. The topological polar surface area (TPSA) is 91.2 Å². The van der Waals surface area contributed by atoms with Crippen LogP contribution in [0.4, 0.5) is 0 Å². The van der Waals surface area contributed by atoms with Crippen molar-refractivity contribution in [3.63, 3.8) is 0 Å². The zero-order valence-electron chi connectivity index (χ0n) is 12.6. The van der Waals surface area contributed by atoms with Gasteiger partial charge in [0, 0.05) is 16.2 Å². The minimum atomic E-state index is 0.168. The zero-order chi connectivity index (χ0) is 16.5. The molecule has 0 bridgehead atoms. The largest absolute Gasteiger partial charge is 0.296 e. The van der Waals surface area contributed by atoms with Gasteiger partial charge in [-0.25, -0.2) is 5.90 Å². The van der Waals surface area contributed by atoms with Crippen molar-refractivity contribution in [2.75, 3.05) is 0 Å². The van der Waals surface area contributed by atoms with Gasteiger partial charge in [-0.15, -0.1) is 10.2 Å². The molecule has 0 spiro atoms. The second kappa shape index (κ2) is 6.23. The van der Waals surface area contributed by atoms with Crippen LogP contribution in [0.15, 0.2) is 52.1 Å². The molecule has 2 N–H and O–H groups in total. The van der Waals surface area contributed by atoms with E-state index in [1.807, 2.05) is 41.0 Å². The van der Waals surface area contributed by atoms with Crippen LogP contribution in [0.5, 0.6) is 0 Å². The highest BCUT2D eigenvalue weighted by Crippen LogP contribution is 2.28. The number of rotatable bonds is 3. The minimum absolute atomic E-state index is 0.168. The number of fused-ring (bicyclic) bond motifs is 3. The molecule has 0 fully saturated rings. The Hall–Kier alpha value is -2.42. The number of pyridine rings is 1. The summed E-state index contributed by atoms with van der Waals surface area (Å²) < 4.78 is 2.90. The van der Waals surface area contributed by atoms with E-state index in [0.29, 0.717) is 12.4 Å². The van der Waals surface area contributed by atoms with Gasteiger partial charge in [0.2, 0.25) is 0 Å². The molecule has 120 valence electrons. The molecule has 0 aliphatic carbocycles. The van der Waals surface area contributed by atoms with Gasteiger partial charge in [0.25, 0.3) is 0 Å². The van der Waals surface area contributed by atoms with Crippen molar-refractivity contribution in [1.29, 1.82) is 0 Å². The summed E-state index contributed by atoms with van der Waals surface area (Å²) in [6, 6.07) is 11.8. The third-order valence-corrected chi connectivity index (χ3v) is 4.24. The van der Waals surface area contributed by atoms with Crippen LogP contribution in [0.25, 0.3) is 5.69 Å². The van der Waals surface area contributed by atoms with Crippen LogP contribution >= 0.6 is 15.9 Å². The summed E-state index contributed by atoms with van der Waals surface area (Å²) in [7, 11) is 0. The van der Waals surface area contributed by atoms with Crippen LogP contribution in [0.3, 0.4) is 0 Å². The molecule has 3 heterocycles. The number of hydrogen-bond donors (Lipinski definition) is 1. The van der Waals surface area contributed by atoms with E-state index in [4.69, 9.17) is 15.7 Å². The number of aliphatic imine (C=N–C) groups is 1. The second-order valence-electron chi connectivity index (χ2n) is 5.22. The molecule has 1 aliphatic rings. The number of nitrogens with two attached hydrogens (primary N) is 1. The van der Waals surface area contributed by atoms with Gasteiger partial charge < -0.3 is 0 Å². The van der Waals surface area contributed by atoms with E-state index in [2.05, 4.69) is 31.1 Å². The Labute approximate surface area is 146 Å². The van der Waals surface area contributed by atoms with Crippen LogP contribution < -0.4 is 5.90 Å². The highest BCUT2D eigenvalue weighted by atomic mass is 79.9.